The van der Waals surface area contributed by atoms with Crippen molar-refractivity contribution >= 4 is 21.5 Å². The van der Waals surface area contributed by atoms with Crippen LogP contribution in [-0.2, 0) is 9.84 Å². The van der Waals surface area contributed by atoms with Crippen LogP contribution in [0, 0.1) is 0 Å². The minimum absolute atomic E-state index is 0.00842. The molecule has 0 aliphatic rings. The molecule has 1 amide bonds. The number of rotatable bonds is 6. The molecule has 0 radical (unpaired) electrons. The zero-order valence-corrected chi connectivity index (χ0v) is 12.1. The zero-order chi connectivity index (χ0) is 15.5. The van der Waals surface area contributed by atoms with Gasteiger partial charge in [-0.05, 0) is 12.1 Å². The fourth-order valence-corrected chi connectivity index (χ4v) is 2.28. The number of Topliss-reactive ketones (excluding diaryl/α,β-unsaturated/α-hetero) is 1. The second-order valence-corrected chi connectivity index (χ2v) is 6.25. The summed E-state index contributed by atoms with van der Waals surface area (Å²) in [7, 11) is -0.865. The van der Waals surface area contributed by atoms with E-state index in [1.807, 2.05) is 0 Å². The molecule has 1 aromatic carbocycles. The molecule has 8 heteroatoms. The number of ketones is 1. The number of methoxy groups -OCH3 is 2. The molecule has 0 heterocycles. The molecule has 1 rings (SSSR count). The normalized spacial score (nSPS) is 10.9. The molecule has 0 unspecified atom stereocenters. The maximum absolute atomic E-state index is 11.9. The third kappa shape index (κ3) is 3.70. The standard InChI is InChI=1S/C12H15NO6S/c1-18-9-4-7(8(14)6-20(3,16)17)5-10(19-2)11(9)12(13)15/h4-5H,6H2,1-3H3,(H2,13,15). The van der Waals surface area contributed by atoms with Gasteiger partial charge in [-0.2, -0.15) is 0 Å². The molecule has 0 atom stereocenters. The predicted octanol–water partition coefficient (Wildman–Crippen LogP) is 0.0300. The van der Waals surface area contributed by atoms with Crippen molar-refractivity contribution in [3.8, 4) is 11.5 Å². The highest BCUT2D eigenvalue weighted by molar-refractivity contribution is 7.91. The van der Waals surface area contributed by atoms with Crippen LogP contribution in [0.3, 0.4) is 0 Å². The van der Waals surface area contributed by atoms with Gasteiger partial charge in [0.2, 0.25) is 0 Å². The SMILES string of the molecule is COc1cc(C(=O)CS(C)(=O)=O)cc(OC)c1C(N)=O. The number of ether oxygens (including phenoxy) is 2. The van der Waals surface area contributed by atoms with E-state index in [0.29, 0.717) is 0 Å². The van der Waals surface area contributed by atoms with Gasteiger partial charge in [0.25, 0.3) is 5.91 Å². The Bertz CT molecular complexity index is 625. The van der Waals surface area contributed by atoms with Crippen molar-refractivity contribution in [1.29, 1.82) is 0 Å². The number of amides is 1. The van der Waals surface area contributed by atoms with Gasteiger partial charge in [0.15, 0.2) is 15.6 Å². The van der Waals surface area contributed by atoms with Gasteiger partial charge in [-0.25, -0.2) is 8.42 Å². The fourth-order valence-electron chi connectivity index (χ4n) is 1.64. The summed E-state index contributed by atoms with van der Waals surface area (Å²) in [5.74, 6) is -1.95. The van der Waals surface area contributed by atoms with Crippen molar-refractivity contribution in [2.24, 2.45) is 5.73 Å². The highest BCUT2D eigenvalue weighted by Crippen LogP contribution is 2.30. The van der Waals surface area contributed by atoms with Gasteiger partial charge in [-0.3, -0.25) is 9.59 Å². The second-order valence-electron chi connectivity index (χ2n) is 4.11. The zero-order valence-electron chi connectivity index (χ0n) is 11.3. The smallest absolute Gasteiger partial charge is 0.256 e. The maximum atomic E-state index is 11.9. The second kappa shape index (κ2) is 5.91. The Hall–Kier alpha value is -2.09. The molecule has 20 heavy (non-hydrogen) atoms. The van der Waals surface area contributed by atoms with Gasteiger partial charge in [0.1, 0.15) is 22.8 Å². The number of hydrogen-bond acceptors (Lipinski definition) is 6. The Labute approximate surface area is 116 Å². The first-order chi connectivity index (χ1) is 9.19. The first-order valence-corrected chi connectivity index (χ1v) is 7.52. The third-order valence-electron chi connectivity index (χ3n) is 2.47. The summed E-state index contributed by atoms with van der Waals surface area (Å²) in [5.41, 5.74) is 5.27. The Morgan fingerprint density at radius 2 is 1.60 bits per heavy atom. The largest absolute Gasteiger partial charge is 0.496 e. The van der Waals surface area contributed by atoms with Crippen molar-refractivity contribution < 1.29 is 27.5 Å². The van der Waals surface area contributed by atoms with Gasteiger partial charge in [-0.1, -0.05) is 0 Å². The van der Waals surface area contributed by atoms with Crippen molar-refractivity contribution in [1.82, 2.24) is 0 Å². The number of carbonyl (C=O) groups is 2. The van der Waals surface area contributed by atoms with Crippen LogP contribution in [0.15, 0.2) is 12.1 Å². The summed E-state index contributed by atoms with van der Waals surface area (Å²) in [6.07, 6.45) is 0.955. The fraction of sp³-hybridized carbons (Fsp3) is 0.333. The summed E-state index contributed by atoms with van der Waals surface area (Å²) in [5, 5.41) is 0. The molecule has 7 nitrogen and oxygen atoms in total. The number of nitrogens with two attached hydrogens (primary N) is 1. The number of sulfone groups is 1. The van der Waals surface area contributed by atoms with Crippen molar-refractivity contribution in [2.45, 2.75) is 0 Å². The molecular weight excluding hydrogens is 286 g/mol. The molecule has 0 spiro atoms. The van der Waals surface area contributed by atoms with Crippen LogP contribution in [-0.4, -0.2) is 46.3 Å². The molecule has 0 fully saturated rings. The lowest BCUT2D eigenvalue weighted by atomic mass is 10.1. The van der Waals surface area contributed by atoms with E-state index in [1.54, 1.807) is 0 Å². The van der Waals surface area contributed by atoms with Gasteiger partial charge >= 0.3 is 0 Å². The number of benzene rings is 1. The summed E-state index contributed by atoms with van der Waals surface area (Å²) >= 11 is 0. The lowest BCUT2D eigenvalue weighted by Crippen LogP contribution is -2.17. The van der Waals surface area contributed by atoms with Gasteiger partial charge in [0.05, 0.1) is 14.2 Å². The lowest BCUT2D eigenvalue weighted by Gasteiger charge is -2.12. The Morgan fingerprint density at radius 3 is 1.90 bits per heavy atom. The topological polar surface area (TPSA) is 113 Å². The molecule has 0 aliphatic carbocycles. The maximum Gasteiger partial charge on any atom is 0.256 e. The number of carbonyl (C=O) groups excluding carboxylic acids is 2. The molecule has 1 aromatic rings. The van der Waals surface area contributed by atoms with E-state index in [0.717, 1.165) is 6.26 Å². The average molecular weight is 301 g/mol. The summed E-state index contributed by atoms with van der Waals surface area (Å²) < 4.78 is 32.3. The van der Waals surface area contributed by atoms with E-state index >= 15 is 0 Å². The molecular formula is C12H15NO6S. The molecule has 110 valence electrons. The Balaban J connectivity index is 3.38. The lowest BCUT2D eigenvalue weighted by molar-refractivity contribution is 0.0987. The number of primary amides is 1. The van der Waals surface area contributed by atoms with Gasteiger partial charge < -0.3 is 15.2 Å². The average Bonchev–Trinajstić information content (AvgIpc) is 2.34. The van der Waals surface area contributed by atoms with E-state index in [1.165, 1.54) is 26.4 Å². The summed E-state index contributed by atoms with van der Waals surface area (Å²) in [6, 6.07) is 2.52. The van der Waals surface area contributed by atoms with Crippen LogP contribution in [0.5, 0.6) is 11.5 Å². The monoisotopic (exact) mass is 301 g/mol. The number of hydrogen-bond donors (Lipinski definition) is 1. The third-order valence-corrected chi connectivity index (χ3v) is 3.25. The molecule has 0 bridgehead atoms. The van der Waals surface area contributed by atoms with Crippen LogP contribution < -0.4 is 15.2 Å². The van der Waals surface area contributed by atoms with Crippen molar-refractivity contribution in [3.05, 3.63) is 23.3 Å². The molecule has 0 saturated carbocycles. The Kier molecular flexibility index (Phi) is 4.72. The van der Waals surface area contributed by atoms with Crippen LogP contribution in [0.4, 0.5) is 0 Å². The van der Waals surface area contributed by atoms with E-state index in [4.69, 9.17) is 15.2 Å². The van der Waals surface area contributed by atoms with E-state index in [2.05, 4.69) is 0 Å². The van der Waals surface area contributed by atoms with E-state index < -0.39 is 27.3 Å². The Morgan fingerprint density at radius 1 is 1.15 bits per heavy atom. The molecule has 0 saturated heterocycles. The predicted molar refractivity (Wildman–Crippen MR) is 72.1 cm³/mol. The van der Waals surface area contributed by atoms with E-state index in [9.17, 15) is 18.0 Å². The van der Waals surface area contributed by atoms with Gasteiger partial charge in [0, 0.05) is 11.8 Å². The minimum atomic E-state index is -3.46. The first kappa shape index (κ1) is 16.0. The van der Waals surface area contributed by atoms with Crippen LogP contribution in [0.25, 0.3) is 0 Å². The van der Waals surface area contributed by atoms with Crippen LogP contribution >= 0.6 is 0 Å². The highest BCUT2D eigenvalue weighted by atomic mass is 32.2. The highest BCUT2D eigenvalue weighted by Gasteiger charge is 2.21. The minimum Gasteiger partial charge on any atom is -0.496 e. The van der Waals surface area contributed by atoms with Gasteiger partial charge in [-0.15, -0.1) is 0 Å². The first-order valence-electron chi connectivity index (χ1n) is 5.46. The van der Waals surface area contributed by atoms with Crippen molar-refractivity contribution in [3.63, 3.8) is 0 Å². The quantitative estimate of drug-likeness (QED) is 0.742. The van der Waals surface area contributed by atoms with Crippen LogP contribution in [0.1, 0.15) is 20.7 Å². The summed E-state index contributed by atoms with van der Waals surface area (Å²) in [6.45, 7) is 0. The molecule has 0 aromatic heterocycles. The van der Waals surface area contributed by atoms with E-state index in [-0.39, 0.29) is 22.6 Å². The van der Waals surface area contributed by atoms with Crippen molar-refractivity contribution in [2.75, 3.05) is 26.2 Å². The summed E-state index contributed by atoms with van der Waals surface area (Å²) in [4.78, 5) is 23.2. The molecule has 2 N–H and O–H groups in total. The van der Waals surface area contributed by atoms with Crippen LogP contribution in [0.2, 0.25) is 0 Å². The molecule has 0 aliphatic heterocycles.